The molecular weight excluding hydrogens is 614 g/mol. The SMILES string of the molecule is C[C@@H]1CCCC(=O)C[C@](OCc2ccccc2)(C(F)(F)F)c2nnc(o2)-c2nc(c(C(F)(F)F)cc2NC(=O)OC(C)(C)C)O1. The van der Waals surface area contributed by atoms with Gasteiger partial charge in [0.2, 0.25) is 11.5 Å². The summed E-state index contributed by atoms with van der Waals surface area (Å²) in [5, 5.41) is 9.28. The number of nitrogens with one attached hydrogen (secondary N) is 1. The molecule has 0 aliphatic carbocycles. The Balaban J connectivity index is 1.92. The molecule has 1 amide bonds. The number of ketones is 1. The maximum atomic E-state index is 14.9. The fraction of sp³-hybridized carbons (Fsp3) is 0.483. The minimum Gasteiger partial charge on any atom is -0.474 e. The summed E-state index contributed by atoms with van der Waals surface area (Å²) in [5.41, 5.74) is -6.86. The zero-order valence-electron chi connectivity index (χ0n) is 24.6. The molecule has 244 valence electrons. The van der Waals surface area contributed by atoms with Crippen LogP contribution in [0.25, 0.3) is 11.6 Å². The number of alkyl halides is 6. The van der Waals surface area contributed by atoms with Gasteiger partial charge in [0, 0.05) is 6.42 Å². The van der Waals surface area contributed by atoms with Gasteiger partial charge in [0.1, 0.15) is 16.9 Å². The second-order valence-corrected chi connectivity index (χ2v) is 11.4. The van der Waals surface area contributed by atoms with E-state index in [1.54, 1.807) is 18.2 Å². The van der Waals surface area contributed by atoms with Crippen molar-refractivity contribution in [2.24, 2.45) is 0 Å². The molecule has 1 aromatic carbocycles. The third-order valence-corrected chi connectivity index (χ3v) is 6.51. The molecule has 3 heterocycles. The molecule has 0 spiro atoms. The summed E-state index contributed by atoms with van der Waals surface area (Å²) in [6.07, 6.45) is -14.1. The Morgan fingerprint density at radius 3 is 2.40 bits per heavy atom. The van der Waals surface area contributed by atoms with Gasteiger partial charge in [-0.1, -0.05) is 30.3 Å². The van der Waals surface area contributed by atoms with Crippen LogP contribution in [0.5, 0.6) is 5.88 Å². The van der Waals surface area contributed by atoms with E-state index in [0.717, 1.165) is 0 Å². The molecule has 10 nitrogen and oxygen atoms in total. The Labute approximate surface area is 253 Å². The van der Waals surface area contributed by atoms with Crippen LogP contribution in [-0.4, -0.2) is 44.9 Å². The number of pyridine rings is 1. The minimum absolute atomic E-state index is 0.000242. The van der Waals surface area contributed by atoms with E-state index in [9.17, 15) is 35.9 Å². The van der Waals surface area contributed by atoms with Crippen LogP contribution < -0.4 is 10.1 Å². The second-order valence-electron chi connectivity index (χ2n) is 11.4. The molecule has 0 unspecified atom stereocenters. The molecule has 0 fully saturated rings. The fourth-order valence-electron chi connectivity index (χ4n) is 4.42. The molecular formula is C29H30F6N4O6. The molecule has 2 aromatic heterocycles. The molecule has 1 aliphatic heterocycles. The predicted molar refractivity (Wildman–Crippen MR) is 145 cm³/mol. The van der Waals surface area contributed by atoms with Gasteiger partial charge < -0.3 is 18.6 Å². The molecule has 1 N–H and O–H groups in total. The monoisotopic (exact) mass is 644 g/mol. The van der Waals surface area contributed by atoms with Crippen molar-refractivity contribution in [2.45, 2.75) is 89.6 Å². The van der Waals surface area contributed by atoms with Crippen LogP contribution in [0, 0.1) is 0 Å². The van der Waals surface area contributed by atoms with E-state index in [4.69, 9.17) is 18.6 Å². The highest BCUT2D eigenvalue weighted by atomic mass is 19.4. The van der Waals surface area contributed by atoms with Crippen LogP contribution in [0.2, 0.25) is 0 Å². The van der Waals surface area contributed by atoms with Crippen LogP contribution in [0.4, 0.5) is 36.8 Å². The van der Waals surface area contributed by atoms with Crippen molar-refractivity contribution in [1.82, 2.24) is 15.2 Å². The zero-order chi connectivity index (χ0) is 33.2. The number of rotatable bonds is 4. The van der Waals surface area contributed by atoms with Gasteiger partial charge in [-0.05, 0) is 52.2 Å². The lowest BCUT2D eigenvalue weighted by Crippen LogP contribution is -2.47. The molecule has 16 heteroatoms. The number of fused-ring (bicyclic) bond motifs is 5. The van der Waals surface area contributed by atoms with E-state index in [2.05, 4.69) is 20.5 Å². The molecule has 0 saturated carbocycles. The van der Waals surface area contributed by atoms with Gasteiger partial charge in [0.25, 0.3) is 11.8 Å². The molecule has 0 radical (unpaired) electrons. The summed E-state index contributed by atoms with van der Waals surface area (Å²) in [7, 11) is 0. The first-order chi connectivity index (χ1) is 20.9. The van der Waals surface area contributed by atoms with Crippen molar-refractivity contribution in [1.29, 1.82) is 0 Å². The predicted octanol–water partition coefficient (Wildman–Crippen LogP) is 7.38. The molecule has 1 aliphatic rings. The Morgan fingerprint density at radius 2 is 1.78 bits per heavy atom. The maximum Gasteiger partial charge on any atom is 0.427 e. The van der Waals surface area contributed by atoms with E-state index in [1.165, 1.54) is 39.8 Å². The Hall–Kier alpha value is -4.21. The van der Waals surface area contributed by atoms with Crippen molar-refractivity contribution in [2.75, 3.05) is 5.32 Å². The number of ether oxygens (including phenoxy) is 3. The minimum atomic E-state index is -5.27. The van der Waals surface area contributed by atoms with Crippen LogP contribution in [0.1, 0.15) is 70.4 Å². The van der Waals surface area contributed by atoms with E-state index >= 15 is 0 Å². The van der Waals surface area contributed by atoms with Gasteiger partial charge >= 0.3 is 18.4 Å². The lowest BCUT2D eigenvalue weighted by atomic mass is 9.93. The van der Waals surface area contributed by atoms with Crippen LogP contribution in [0.3, 0.4) is 0 Å². The van der Waals surface area contributed by atoms with E-state index in [-0.39, 0.29) is 19.3 Å². The van der Waals surface area contributed by atoms with Crippen molar-refractivity contribution >= 4 is 17.6 Å². The van der Waals surface area contributed by atoms with Gasteiger partial charge in [0.15, 0.2) is 5.69 Å². The molecule has 45 heavy (non-hydrogen) atoms. The highest BCUT2D eigenvalue weighted by Gasteiger charge is 2.62. The number of benzene rings is 1. The summed E-state index contributed by atoms with van der Waals surface area (Å²) >= 11 is 0. The van der Waals surface area contributed by atoms with Gasteiger partial charge in [-0.15, -0.1) is 10.2 Å². The highest BCUT2D eigenvalue weighted by molar-refractivity contribution is 5.89. The number of amides is 1. The Kier molecular flexibility index (Phi) is 9.47. The number of carbonyl (C=O) groups excluding carboxylic acids is 2. The lowest BCUT2D eigenvalue weighted by molar-refractivity contribution is -0.297. The highest BCUT2D eigenvalue weighted by Crippen LogP contribution is 2.47. The first kappa shape index (κ1) is 33.7. The number of nitrogens with zero attached hydrogens (tertiary/aromatic N) is 3. The quantitative estimate of drug-likeness (QED) is 0.290. The number of halogens is 6. The topological polar surface area (TPSA) is 126 Å². The molecule has 3 aromatic rings. The summed E-state index contributed by atoms with van der Waals surface area (Å²) in [6, 6.07) is 8.32. The van der Waals surface area contributed by atoms with Crippen LogP contribution in [-0.2, 0) is 32.7 Å². The van der Waals surface area contributed by atoms with Gasteiger partial charge in [-0.2, -0.15) is 26.3 Å². The number of hydrogen-bond acceptors (Lipinski definition) is 9. The van der Waals surface area contributed by atoms with Crippen molar-refractivity contribution in [3.63, 3.8) is 0 Å². The van der Waals surface area contributed by atoms with E-state index in [1.807, 2.05) is 0 Å². The van der Waals surface area contributed by atoms with Gasteiger partial charge in [-0.25, -0.2) is 9.78 Å². The lowest BCUT2D eigenvalue weighted by Gasteiger charge is -2.32. The Morgan fingerprint density at radius 1 is 1.09 bits per heavy atom. The van der Waals surface area contributed by atoms with Gasteiger partial charge in [-0.3, -0.25) is 10.1 Å². The standard InChI is InChI=1S/C29H30F6N4O6/c1-16-9-8-12-18(40)14-27(29(33,34)35,42-15-17-10-6-5-7-11-17)24-39-38-23(44-24)21-20(36-25(41)45-26(2,3)4)13-19(28(30,31)32)22(37-21)43-16/h5-7,10-11,13,16H,8-9,12,14-15H2,1-4H3,(H,36,41)/t16-,27-/m1/s1. The first-order valence-electron chi connectivity index (χ1n) is 13.8. The fourth-order valence-corrected chi connectivity index (χ4v) is 4.42. The van der Waals surface area contributed by atoms with Crippen molar-refractivity contribution in [3.8, 4) is 17.5 Å². The van der Waals surface area contributed by atoms with Crippen molar-refractivity contribution in [3.05, 3.63) is 53.4 Å². The number of hydrogen-bond donors (Lipinski definition) is 1. The van der Waals surface area contributed by atoms with Gasteiger partial charge in [0.05, 0.1) is 24.8 Å². The largest absolute Gasteiger partial charge is 0.474 e. The number of anilines is 1. The third kappa shape index (κ3) is 8.09. The number of Topliss-reactive ketones (excluding diaryl/α,β-unsaturated/α-hetero) is 1. The van der Waals surface area contributed by atoms with Crippen LogP contribution in [0.15, 0.2) is 40.8 Å². The number of aromatic nitrogens is 3. The summed E-state index contributed by atoms with van der Waals surface area (Å²) < 4.78 is 109. The van der Waals surface area contributed by atoms with Crippen LogP contribution >= 0.6 is 0 Å². The Bertz CT molecular complexity index is 1520. The summed E-state index contributed by atoms with van der Waals surface area (Å²) in [4.78, 5) is 29.4. The molecule has 0 saturated heterocycles. The maximum absolute atomic E-state index is 14.9. The smallest absolute Gasteiger partial charge is 0.427 e. The molecule has 4 bridgehead atoms. The summed E-state index contributed by atoms with van der Waals surface area (Å²) in [6.45, 7) is 5.33. The average molecular weight is 645 g/mol. The second kappa shape index (κ2) is 12.7. The normalized spacial score (nSPS) is 19.8. The molecule has 2 atom stereocenters. The van der Waals surface area contributed by atoms with E-state index in [0.29, 0.717) is 11.6 Å². The van der Waals surface area contributed by atoms with Crippen molar-refractivity contribution < 1.29 is 54.6 Å². The third-order valence-electron chi connectivity index (χ3n) is 6.51. The zero-order valence-corrected chi connectivity index (χ0v) is 24.6. The molecule has 4 rings (SSSR count). The summed E-state index contributed by atoms with van der Waals surface area (Å²) in [5.74, 6) is -3.83. The number of carbonyl (C=O) groups is 2. The first-order valence-corrected chi connectivity index (χ1v) is 13.8. The average Bonchev–Trinajstić information content (AvgIpc) is 3.40. The van der Waals surface area contributed by atoms with E-state index < -0.39 is 89.2 Å².